The van der Waals surface area contributed by atoms with Crippen molar-refractivity contribution >= 4 is 12.2 Å². The molecular formula is C25H22F4N6O. The van der Waals surface area contributed by atoms with Crippen LogP contribution in [0.3, 0.4) is 0 Å². The molecule has 5 rings (SSSR count). The van der Waals surface area contributed by atoms with Gasteiger partial charge < -0.3 is 9.30 Å². The van der Waals surface area contributed by atoms with Gasteiger partial charge in [0.2, 0.25) is 5.88 Å². The highest BCUT2D eigenvalue weighted by atomic mass is 19.4. The Hall–Kier alpha value is -4.02. The van der Waals surface area contributed by atoms with E-state index in [0.29, 0.717) is 42.6 Å². The lowest BCUT2D eigenvalue weighted by molar-refractivity contribution is -0.138. The van der Waals surface area contributed by atoms with Gasteiger partial charge in [-0.15, -0.1) is 0 Å². The highest BCUT2D eigenvalue weighted by Gasteiger charge is 2.39. The molecular weight excluding hydrogens is 476 g/mol. The third-order valence-corrected chi connectivity index (χ3v) is 6.05. The summed E-state index contributed by atoms with van der Waals surface area (Å²) in [5.41, 5.74) is 0.785. The number of aromatic nitrogens is 6. The molecule has 0 aliphatic carbocycles. The van der Waals surface area contributed by atoms with Crippen LogP contribution in [0.5, 0.6) is 5.88 Å². The Balaban J connectivity index is 1.45. The van der Waals surface area contributed by atoms with Crippen LogP contribution in [0, 0.1) is 12.7 Å². The van der Waals surface area contributed by atoms with Gasteiger partial charge in [-0.25, -0.2) is 24.0 Å². The largest absolute Gasteiger partial charge is 0.479 e. The number of fused-ring (bicyclic) bond motifs is 1. The van der Waals surface area contributed by atoms with E-state index in [0.717, 1.165) is 29.6 Å². The first-order valence-corrected chi connectivity index (χ1v) is 11.3. The zero-order valence-electron chi connectivity index (χ0n) is 19.5. The van der Waals surface area contributed by atoms with Crippen molar-refractivity contribution in [2.24, 2.45) is 0 Å². The van der Waals surface area contributed by atoms with E-state index in [1.807, 2.05) is 19.2 Å². The number of alkyl halides is 3. The van der Waals surface area contributed by atoms with Crippen LogP contribution in [0.15, 0.2) is 42.9 Å². The van der Waals surface area contributed by atoms with Crippen LogP contribution in [-0.4, -0.2) is 36.4 Å². The zero-order chi connectivity index (χ0) is 25.4. The van der Waals surface area contributed by atoms with Crippen molar-refractivity contribution in [2.75, 3.05) is 7.11 Å². The zero-order valence-corrected chi connectivity index (χ0v) is 19.5. The van der Waals surface area contributed by atoms with Gasteiger partial charge in [0.25, 0.3) is 0 Å². The molecule has 0 bridgehead atoms. The molecule has 4 aromatic rings. The van der Waals surface area contributed by atoms with E-state index in [1.54, 1.807) is 33.8 Å². The predicted octanol–water partition coefficient (Wildman–Crippen LogP) is 5.43. The molecule has 0 saturated heterocycles. The van der Waals surface area contributed by atoms with Crippen LogP contribution in [0.25, 0.3) is 17.8 Å². The number of imidazole rings is 1. The Morgan fingerprint density at radius 2 is 1.94 bits per heavy atom. The van der Waals surface area contributed by atoms with Crippen molar-refractivity contribution in [3.63, 3.8) is 0 Å². The van der Waals surface area contributed by atoms with E-state index in [4.69, 9.17) is 4.74 Å². The minimum absolute atomic E-state index is 0.303. The summed E-state index contributed by atoms with van der Waals surface area (Å²) in [4.78, 5) is 13.2. The molecule has 1 aliphatic rings. The number of pyridine rings is 1. The maximum absolute atomic E-state index is 14.7. The highest BCUT2D eigenvalue weighted by molar-refractivity contribution is 5.65. The van der Waals surface area contributed by atoms with Gasteiger partial charge in [-0.3, -0.25) is 0 Å². The maximum atomic E-state index is 14.7. The summed E-state index contributed by atoms with van der Waals surface area (Å²) in [5.74, 6) is -0.731. The second kappa shape index (κ2) is 9.21. The van der Waals surface area contributed by atoms with Crippen LogP contribution in [0.4, 0.5) is 17.6 Å². The number of methoxy groups -OCH3 is 1. The summed E-state index contributed by atoms with van der Waals surface area (Å²) >= 11 is 0. The first kappa shape index (κ1) is 23.7. The van der Waals surface area contributed by atoms with E-state index in [2.05, 4.69) is 20.1 Å². The molecule has 36 heavy (non-hydrogen) atoms. The van der Waals surface area contributed by atoms with Crippen LogP contribution < -0.4 is 4.74 Å². The molecule has 0 saturated carbocycles. The van der Waals surface area contributed by atoms with Crippen molar-refractivity contribution in [1.29, 1.82) is 0 Å². The highest BCUT2D eigenvalue weighted by Crippen LogP contribution is 2.41. The SMILES string of the molecule is COc1nc(/C=C/c2nc3n(n2)CCCC3c2c(F)cccc2C(F)(F)F)ccc1-n1cnc(C)c1. The van der Waals surface area contributed by atoms with Gasteiger partial charge in [0.05, 0.1) is 30.4 Å². The van der Waals surface area contributed by atoms with Gasteiger partial charge in [0.1, 0.15) is 17.3 Å². The molecule has 0 N–H and O–H groups in total. The van der Waals surface area contributed by atoms with Crippen molar-refractivity contribution in [1.82, 2.24) is 29.3 Å². The molecule has 186 valence electrons. The minimum Gasteiger partial charge on any atom is -0.479 e. The van der Waals surface area contributed by atoms with Gasteiger partial charge in [0, 0.05) is 24.2 Å². The molecule has 1 unspecified atom stereocenters. The van der Waals surface area contributed by atoms with Crippen LogP contribution >= 0.6 is 0 Å². The number of hydrogen-bond acceptors (Lipinski definition) is 5. The number of aryl methyl sites for hydroxylation is 2. The fourth-order valence-corrected chi connectivity index (χ4v) is 4.45. The minimum atomic E-state index is -4.67. The molecule has 0 fully saturated rings. The van der Waals surface area contributed by atoms with Crippen LogP contribution in [0.1, 0.15) is 52.9 Å². The number of benzene rings is 1. The average molecular weight is 498 g/mol. The molecule has 7 nitrogen and oxygen atoms in total. The smallest absolute Gasteiger partial charge is 0.416 e. The lowest BCUT2D eigenvalue weighted by Crippen LogP contribution is -2.22. The third kappa shape index (κ3) is 4.48. The quantitative estimate of drug-likeness (QED) is 0.343. The molecule has 0 amide bonds. The summed E-state index contributed by atoms with van der Waals surface area (Å²) < 4.78 is 64.3. The van der Waals surface area contributed by atoms with E-state index in [9.17, 15) is 17.6 Å². The van der Waals surface area contributed by atoms with E-state index >= 15 is 0 Å². The second-order valence-electron chi connectivity index (χ2n) is 8.47. The van der Waals surface area contributed by atoms with Gasteiger partial charge in [-0.1, -0.05) is 6.07 Å². The fraction of sp³-hybridized carbons (Fsp3) is 0.280. The standard InChI is InChI=1S/C25H22F4N6O/c1-15-13-34(14-30-15)20-10-8-16(31-24(20)36-2)9-11-21-32-23-17(5-4-12-35(23)33-21)22-18(25(27,28)29)6-3-7-19(22)26/h3,6-11,13-14,17H,4-5,12H2,1-2H3/b11-9+. The molecule has 0 spiro atoms. The molecule has 4 heterocycles. The number of rotatable bonds is 5. The molecule has 1 atom stereocenters. The van der Waals surface area contributed by atoms with Gasteiger partial charge in [-0.2, -0.15) is 18.3 Å². The Bertz CT molecular complexity index is 1440. The summed E-state index contributed by atoms with van der Waals surface area (Å²) in [6, 6.07) is 6.66. The van der Waals surface area contributed by atoms with E-state index in [1.165, 1.54) is 7.11 Å². The number of hydrogen-bond donors (Lipinski definition) is 0. The van der Waals surface area contributed by atoms with Gasteiger partial charge >= 0.3 is 6.18 Å². The normalized spacial score (nSPS) is 15.9. The molecule has 0 radical (unpaired) electrons. The maximum Gasteiger partial charge on any atom is 0.416 e. The van der Waals surface area contributed by atoms with Crippen molar-refractivity contribution < 1.29 is 22.3 Å². The summed E-state index contributed by atoms with van der Waals surface area (Å²) in [6.45, 7) is 2.37. The van der Waals surface area contributed by atoms with E-state index < -0.39 is 23.5 Å². The van der Waals surface area contributed by atoms with Crippen LogP contribution in [0.2, 0.25) is 0 Å². The fourth-order valence-electron chi connectivity index (χ4n) is 4.45. The number of nitrogens with zero attached hydrogens (tertiary/aromatic N) is 6. The molecule has 3 aromatic heterocycles. The Morgan fingerprint density at radius 1 is 1.11 bits per heavy atom. The van der Waals surface area contributed by atoms with E-state index in [-0.39, 0.29) is 5.56 Å². The van der Waals surface area contributed by atoms with Crippen molar-refractivity contribution in [3.8, 4) is 11.6 Å². The molecule has 11 heteroatoms. The lowest BCUT2D eigenvalue weighted by atomic mass is 9.87. The van der Waals surface area contributed by atoms with Crippen molar-refractivity contribution in [2.45, 2.75) is 38.4 Å². The Labute approximate surface area is 204 Å². The van der Waals surface area contributed by atoms with Gasteiger partial charge in [-0.05, 0) is 56.2 Å². The predicted molar refractivity (Wildman–Crippen MR) is 124 cm³/mol. The third-order valence-electron chi connectivity index (χ3n) is 6.05. The van der Waals surface area contributed by atoms with Crippen LogP contribution in [-0.2, 0) is 12.7 Å². The molecule has 1 aliphatic heterocycles. The summed E-state index contributed by atoms with van der Waals surface area (Å²) in [5, 5.41) is 4.42. The van der Waals surface area contributed by atoms with Crippen molar-refractivity contribution in [3.05, 3.63) is 82.8 Å². The average Bonchev–Trinajstić information content (AvgIpc) is 3.47. The lowest BCUT2D eigenvalue weighted by Gasteiger charge is -2.25. The first-order valence-electron chi connectivity index (χ1n) is 11.3. The Kier molecular flexibility index (Phi) is 6.07. The summed E-state index contributed by atoms with van der Waals surface area (Å²) in [6.07, 6.45) is 3.06. The van der Waals surface area contributed by atoms with Gasteiger partial charge in [0.15, 0.2) is 5.82 Å². The number of ether oxygens (including phenoxy) is 1. The first-order chi connectivity index (χ1) is 17.2. The topological polar surface area (TPSA) is 70.7 Å². The Morgan fingerprint density at radius 3 is 2.67 bits per heavy atom. The number of halogens is 4. The molecule has 1 aromatic carbocycles. The second-order valence-corrected chi connectivity index (χ2v) is 8.47. The summed E-state index contributed by atoms with van der Waals surface area (Å²) in [7, 11) is 1.52. The monoisotopic (exact) mass is 498 g/mol.